The molecule has 1 aromatic carbocycles. The second kappa shape index (κ2) is 8.07. The van der Waals surface area contributed by atoms with Gasteiger partial charge in [-0.3, -0.25) is 0 Å². The fraction of sp³-hybridized carbons (Fsp3) is 0.318. The Kier molecular flexibility index (Phi) is 5.11. The quantitative estimate of drug-likeness (QED) is 0.502. The molecule has 3 heterocycles. The Morgan fingerprint density at radius 3 is 2.65 bits per heavy atom. The van der Waals surface area contributed by atoms with Crippen molar-refractivity contribution < 1.29 is 8.78 Å². The first-order valence-electron chi connectivity index (χ1n) is 10.4. The van der Waals surface area contributed by atoms with Crippen molar-refractivity contribution in [1.82, 2.24) is 24.4 Å². The van der Waals surface area contributed by atoms with E-state index in [0.717, 1.165) is 25.7 Å². The number of rotatable bonds is 5. The predicted molar refractivity (Wildman–Crippen MR) is 114 cm³/mol. The Hall–Kier alpha value is -3.33. The number of halogens is 2. The molecule has 0 bridgehead atoms. The van der Waals surface area contributed by atoms with E-state index in [1.807, 2.05) is 36.4 Å². The summed E-state index contributed by atoms with van der Waals surface area (Å²) >= 11 is 0. The molecule has 4 aromatic rings. The van der Waals surface area contributed by atoms with Gasteiger partial charge in [0.2, 0.25) is 0 Å². The summed E-state index contributed by atoms with van der Waals surface area (Å²) in [6.45, 7) is 0. The zero-order valence-electron chi connectivity index (χ0n) is 16.8. The SMILES string of the molecule is NC1CCCCC1Nc1ccn2nc(-c3cn(-c4ccccc4)nc3C(F)F)cc2n1. The van der Waals surface area contributed by atoms with Crippen LogP contribution in [0.2, 0.25) is 0 Å². The Labute approximate surface area is 177 Å². The van der Waals surface area contributed by atoms with Crippen LogP contribution in [0.25, 0.3) is 22.6 Å². The first-order chi connectivity index (χ1) is 15.1. The fourth-order valence-corrected chi connectivity index (χ4v) is 4.08. The molecule has 1 aliphatic carbocycles. The summed E-state index contributed by atoms with van der Waals surface area (Å²) in [6, 6.07) is 13.0. The normalized spacial score (nSPS) is 19.2. The molecule has 1 fully saturated rings. The molecule has 3 aromatic heterocycles. The van der Waals surface area contributed by atoms with Crippen molar-refractivity contribution in [3.05, 3.63) is 60.6 Å². The summed E-state index contributed by atoms with van der Waals surface area (Å²) in [4.78, 5) is 4.61. The van der Waals surface area contributed by atoms with Crippen LogP contribution in [0.5, 0.6) is 0 Å². The number of nitrogens with one attached hydrogen (secondary N) is 1. The van der Waals surface area contributed by atoms with Crippen molar-refractivity contribution in [3.8, 4) is 16.9 Å². The van der Waals surface area contributed by atoms with Crippen molar-refractivity contribution >= 4 is 11.5 Å². The van der Waals surface area contributed by atoms with Crippen LogP contribution in [-0.4, -0.2) is 36.5 Å². The highest BCUT2D eigenvalue weighted by molar-refractivity contribution is 5.67. The van der Waals surface area contributed by atoms with Crippen molar-refractivity contribution in [3.63, 3.8) is 0 Å². The lowest BCUT2D eigenvalue weighted by Crippen LogP contribution is -2.42. The zero-order valence-corrected chi connectivity index (χ0v) is 16.8. The van der Waals surface area contributed by atoms with E-state index < -0.39 is 6.43 Å². The van der Waals surface area contributed by atoms with Crippen LogP contribution in [0.1, 0.15) is 37.8 Å². The first kappa shape index (κ1) is 19.6. The third-order valence-electron chi connectivity index (χ3n) is 5.72. The van der Waals surface area contributed by atoms with Gasteiger partial charge in [-0.1, -0.05) is 31.0 Å². The van der Waals surface area contributed by atoms with Crippen molar-refractivity contribution in [2.45, 2.75) is 44.2 Å². The van der Waals surface area contributed by atoms with Gasteiger partial charge in [0.15, 0.2) is 5.65 Å². The van der Waals surface area contributed by atoms with Gasteiger partial charge in [-0.2, -0.15) is 10.2 Å². The summed E-state index contributed by atoms with van der Waals surface area (Å²) < 4.78 is 30.5. The van der Waals surface area contributed by atoms with E-state index in [4.69, 9.17) is 5.73 Å². The maximum atomic E-state index is 13.7. The van der Waals surface area contributed by atoms with Crippen LogP contribution in [0.15, 0.2) is 54.9 Å². The zero-order chi connectivity index (χ0) is 21.4. The van der Waals surface area contributed by atoms with Crippen LogP contribution in [0.3, 0.4) is 0 Å². The molecule has 2 atom stereocenters. The van der Waals surface area contributed by atoms with Gasteiger partial charge in [-0.25, -0.2) is 23.0 Å². The molecule has 0 spiro atoms. The third-order valence-corrected chi connectivity index (χ3v) is 5.72. The second-order valence-electron chi connectivity index (χ2n) is 7.85. The Morgan fingerprint density at radius 1 is 1.06 bits per heavy atom. The second-order valence-corrected chi connectivity index (χ2v) is 7.85. The highest BCUT2D eigenvalue weighted by atomic mass is 19.3. The van der Waals surface area contributed by atoms with E-state index in [0.29, 0.717) is 22.8 Å². The molecule has 1 aliphatic rings. The minimum Gasteiger partial charge on any atom is -0.366 e. The summed E-state index contributed by atoms with van der Waals surface area (Å²) in [6.07, 6.45) is 4.94. The third kappa shape index (κ3) is 3.88. The van der Waals surface area contributed by atoms with E-state index in [1.54, 1.807) is 23.0 Å². The number of hydrogen-bond acceptors (Lipinski definition) is 5. The average Bonchev–Trinajstić information content (AvgIpc) is 3.40. The largest absolute Gasteiger partial charge is 0.366 e. The summed E-state index contributed by atoms with van der Waals surface area (Å²) in [5.41, 5.74) is 7.87. The number of nitrogens with zero attached hydrogens (tertiary/aromatic N) is 5. The summed E-state index contributed by atoms with van der Waals surface area (Å²) in [7, 11) is 0. The predicted octanol–water partition coefficient (Wildman–Crippen LogP) is 4.20. The highest BCUT2D eigenvalue weighted by Gasteiger charge is 2.24. The summed E-state index contributed by atoms with van der Waals surface area (Å²) in [5.74, 6) is 0.704. The van der Waals surface area contributed by atoms with Gasteiger partial charge in [0, 0.05) is 36.1 Å². The number of benzene rings is 1. The van der Waals surface area contributed by atoms with Gasteiger partial charge in [-0.15, -0.1) is 0 Å². The number of aromatic nitrogens is 5. The molecule has 3 N–H and O–H groups in total. The number of hydrogen-bond donors (Lipinski definition) is 2. The van der Waals surface area contributed by atoms with Crippen LogP contribution in [0.4, 0.5) is 14.6 Å². The van der Waals surface area contributed by atoms with E-state index in [-0.39, 0.29) is 23.3 Å². The van der Waals surface area contributed by atoms with Gasteiger partial charge in [0.25, 0.3) is 6.43 Å². The fourth-order valence-electron chi connectivity index (χ4n) is 4.08. The maximum absolute atomic E-state index is 13.7. The Morgan fingerprint density at radius 2 is 1.87 bits per heavy atom. The summed E-state index contributed by atoms with van der Waals surface area (Å²) in [5, 5.41) is 12.0. The number of anilines is 1. The van der Waals surface area contributed by atoms with Crippen LogP contribution in [-0.2, 0) is 0 Å². The highest BCUT2D eigenvalue weighted by Crippen LogP contribution is 2.31. The van der Waals surface area contributed by atoms with E-state index >= 15 is 0 Å². The lowest BCUT2D eigenvalue weighted by molar-refractivity contribution is 0.146. The molecule has 31 heavy (non-hydrogen) atoms. The Balaban J connectivity index is 1.48. The standard InChI is InChI=1S/C22H23F2N7/c23-22(24)21-15(13-31(29-21)14-6-2-1-3-7-14)18-12-20-27-19(10-11-30(20)28-18)26-17-9-5-4-8-16(17)25/h1-3,6-7,10-13,16-17,22H,4-5,8-9,25H2,(H,26,27). The minimum atomic E-state index is -2.72. The van der Waals surface area contributed by atoms with Crippen LogP contribution >= 0.6 is 0 Å². The maximum Gasteiger partial charge on any atom is 0.282 e. The number of nitrogens with two attached hydrogens (primary N) is 1. The van der Waals surface area contributed by atoms with Crippen molar-refractivity contribution in [2.24, 2.45) is 5.73 Å². The van der Waals surface area contributed by atoms with Gasteiger partial charge in [0.05, 0.1) is 11.4 Å². The minimum absolute atomic E-state index is 0.102. The lowest BCUT2D eigenvalue weighted by atomic mass is 9.91. The van der Waals surface area contributed by atoms with E-state index in [1.165, 1.54) is 4.68 Å². The molecule has 1 saturated carbocycles. The molecule has 2 unspecified atom stereocenters. The monoisotopic (exact) mass is 423 g/mol. The molecule has 5 rings (SSSR count). The van der Waals surface area contributed by atoms with E-state index in [9.17, 15) is 8.78 Å². The van der Waals surface area contributed by atoms with Crippen LogP contribution < -0.4 is 11.1 Å². The molecule has 0 aliphatic heterocycles. The average molecular weight is 423 g/mol. The van der Waals surface area contributed by atoms with E-state index in [2.05, 4.69) is 20.5 Å². The number of fused-ring (bicyclic) bond motifs is 1. The number of alkyl halides is 2. The molecule has 7 nitrogen and oxygen atoms in total. The lowest BCUT2D eigenvalue weighted by Gasteiger charge is -2.29. The van der Waals surface area contributed by atoms with Crippen molar-refractivity contribution in [2.75, 3.05) is 5.32 Å². The van der Waals surface area contributed by atoms with Crippen LogP contribution in [0, 0.1) is 0 Å². The van der Waals surface area contributed by atoms with Gasteiger partial charge >= 0.3 is 0 Å². The molecule has 0 saturated heterocycles. The number of para-hydroxylation sites is 1. The molecule has 9 heteroatoms. The molecular weight excluding hydrogens is 400 g/mol. The van der Waals surface area contributed by atoms with Gasteiger partial charge in [-0.05, 0) is 31.0 Å². The van der Waals surface area contributed by atoms with Crippen molar-refractivity contribution in [1.29, 1.82) is 0 Å². The molecular formula is C22H23F2N7. The smallest absolute Gasteiger partial charge is 0.282 e. The Bertz CT molecular complexity index is 1190. The van der Waals surface area contributed by atoms with Gasteiger partial charge in [0.1, 0.15) is 11.5 Å². The first-order valence-corrected chi connectivity index (χ1v) is 10.4. The molecule has 0 radical (unpaired) electrons. The molecule has 160 valence electrons. The van der Waals surface area contributed by atoms with Gasteiger partial charge < -0.3 is 11.1 Å². The topological polar surface area (TPSA) is 86.1 Å². The molecule has 0 amide bonds.